The van der Waals surface area contributed by atoms with Crippen LogP contribution >= 0.6 is 11.6 Å². The first-order chi connectivity index (χ1) is 12.1. The van der Waals surface area contributed by atoms with Gasteiger partial charge in [-0.2, -0.15) is 4.98 Å². The van der Waals surface area contributed by atoms with E-state index in [1.807, 2.05) is 12.1 Å². The number of methoxy groups -OCH3 is 1. The van der Waals surface area contributed by atoms with E-state index in [-0.39, 0.29) is 24.5 Å². The number of rotatable bonds is 5. The van der Waals surface area contributed by atoms with Crippen LogP contribution in [0.4, 0.5) is 0 Å². The molecule has 1 aliphatic carbocycles. The second-order valence-electron chi connectivity index (χ2n) is 6.06. The largest absolute Gasteiger partial charge is 0.390 e. The summed E-state index contributed by atoms with van der Waals surface area (Å²) in [5, 5.41) is 17.0. The second kappa shape index (κ2) is 7.95. The fourth-order valence-electron chi connectivity index (χ4n) is 2.99. The number of aromatic nitrogens is 2. The maximum atomic E-state index is 12.3. The molecule has 3 atom stereocenters. The van der Waals surface area contributed by atoms with Crippen LogP contribution in [0.3, 0.4) is 0 Å². The van der Waals surface area contributed by atoms with Crippen LogP contribution in [0, 0.1) is 5.92 Å². The van der Waals surface area contributed by atoms with Gasteiger partial charge < -0.3 is 19.7 Å². The number of ether oxygens (including phenoxy) is 1. The van der Waals surface area contributed by atoms with Crippen LogP contribution < -0.4 is 5.32 Å². The van der Waals surface area contributed by atoms with E-state index in [2.05, 4.69) is 15.5 Å². The number of nitrogens with one attached hydrogen (secondary N) is 1. The zero-order chi connectivity index (χ0) is 17.8. The highest BCUT2D eigenvalue weighted by Gasteiger charge is 2.32. The van der Waals surface area contributed by atoms with Gasteiger partial charge >= 0.3 is 0 Å². The number of carbonyl (C=O) groups excluding carboxylic acids is 1. The Morgan fingerprint density at radius 1 is 1.44 bits per heavy atom. The molecule has 2 N–H and O–H groups in total. The number of carbonyl (C=O) groups is 1. The van der Waals surface area contributed by atoms with Crippen molar-refractivity contribution in [3.05, 3.63) is 35.2 Å². The zero-order valence-corrected chi connectivity index (χ0v) is 14.6. The Hall–Kier alpha value is -1.96. The Bertz CT molecular complexity index is 736. The molecule has 7 nitrogen and oxygen atoms in total. The Kier molecular flexibility index (Phi) is 5.67. The van der Waals surface area contributed by atoms with Gasteiger partial charge in [0.15, 0.2) is 0 Å². The molecule has 1 heterocycles. The van der Waals surface area contributed by atoms with Gasteiger partial charge in [0.1, 0.15) is 0 Å². The molecule has 0 saturated heterocycles. The smallest absolute Gasteiger partial charge is 0.246 e. The summed E-state index contributed by atoms with van der Waals surface area (Å²) in [6.45, 7) is 0.146. The van der Waals surface area contributed by atoms with Crippen molar-refractivity contribution in [3.8, 4) is 11.4 Å². The summed E-state index contributed by atoms with van der Waals surface area (Å²) in [4.78, 5) is 16.6. The summed E-state index contributed by atoms with van der Waals surface area (Å²) in [5.74, 6) is 0.392. The third kappa shape index (κ3) is 4.18. The van der Waals surface area contributed by atoms with Crippen LogP contribution in [-0.4, -0.2) is 40.5 Å². The Balaban J connectivity index is 1.57. The Morgan fingerprint density at radius 3 is 3.00 bits per heavy atom. The molecule has 1 fully saturated rings. The van der Waals surface area contributed by atoms with E-state index < -0.39 is 6.10 Å². The summed E-state index contributed by atoms with van der Waals surface area (Å²) >= 11 is 6.11. The SMILES string of the molecule is CO[C@@H]1C[C@H](C(=O)NCc2nc(-c3ccccc3Cl)no2)CC[C@@H]1O. The van der Waals surface area contributed by atoms with E-state index in [9.17, 15) is 9.90 Å². The van der Waals surface area contributed by atoms with Crippen molar-refractivity contribution >= 4 is 17.5 Å². The van der Waals surface area contributed by atoms with Gasteiger partial charge in [-0.25, -0.2) is 0 Å². The fourth-order valence-corrected chi connectivity index (χ4v) is 3.21. The first kappa shape index (κ1) is 17.8. The lowest BCUT2D eigenvalue weighted by Crippen LogP contribution is -2.41. The average molecular weight is 366 g/mol. The number of nitrogens with zero attached hydrogens (tertiary/aromatic N) is 2. The van der Waals surface area contributed by atoms with E-state index in [1.165, 1.54) is 0 Å². The molecule has 3 rings (SSSR count). The standard InChI is InChI=1S/C17H20ClN3O4/c1-24-14-8-10(6-7-13(14)22)17(23)19-9-15-20-16(21-25-15)11-4-2-3-5-12(11)18/h2-5,10,13-14,22H,6-9H2,1H3,(H,19,23)/t10-,13+,14-/m1/s1. The summed E-state index contributed by atoms with van der Waals surface area (Å²) in [5.41, 5.74) is 0.676. The molecule has 0 unspecified atom stereocenters. The lowest BCUT2D eigenvalue weighted by molar-refractivity contribution is -0.130. The maximum absolute atomic E-state index is 12.3. The number of aliphatic hydroxyl groups is 1. The van der Waals surface area contributed by atoms with Crippen LogP contribution in [0.1, 0.15) is 25.2 Å². The minimum absolute atomic E-state index is 0.105. The van der Waals surface area contributed by atoms with E-state index in [0.717, 1.165) is 0 Å². The summed E-state index contributed by atoms with van der Waals surface area (Å²) < 4.78 is 10.4. The van der Waals surface area contributed by atoms with Crippen molar-refractivity contribution in [2.24, 2.45) is 5.92 Å². The fraction of sp³-hybridized carbons (Fsp3) is 0.471. The van der Waals surface area contributed by atoms with Crippen LogP contribution in [-0.2, 0) is 16.1 Å². The highest BCUT2D eigenvalue weighted by Crippen LogP contribution is 2.27. The first-order valence-corrected chi connectivity index (χ1v) is 8.52. The van der Waals surface area contributed by atoms with E-state index in [1.54, 1.807) is 19.2 Å². The van der Waals surface area contributed by atoms with Crippen LogP contribution in [0.5, 0.6) is 0 Å². The summed E-state index contributed by atoms with van der Waals surface area (Å²) in [6, 6.07) is 7.20. The third-order valence-electron chi connectivity index (χ3n) is 4.43. The van der Waals surface area contributed by atoms with Crippen molar-refractivity contribution in [1.29, 1.82) is 0 Å². The van der Waals surface area contributed by atoms with Crippen molar-refractivity contribution < 1.29 is 19.2 Å². The molecular weight excluding hydrogens is 346 g/mol. The lowest BCUT2D eigenvalue weighted by atomic mass is 9.84. The van der Waals surface area contributed by atoms with Gasteiger partial charge in [-0.15, -0.1) is 0 Å². The molecule has 1 saturated carbocycles. The van der Waals surface area contributed by atoms with Crippen molar-refractivity contribution in [1.82, 2.24) is 15.5 Å². The molecule has 8 heteroatoms. The number of halogens is 1. The van der Waals surface area contributed by atoms with E-state index >= 15 is 0 Å². The normalized spacial score (nSPS) is 23.4. The number of hydrogen-bond donors (Lipinski definition) is 2. The molecular formula is C17H20ClN3O4. The van der Waals surface area contributed by atoms with Gasteiger partial charge in [0.25, 0.3) is 0 Å². The van der Waals surface area contributed by atoms with Gasteiger partial charge in [-0.05, 0) is 31.4 Å². The van der Waals surface area contributed by atoms with Crippen molar-refractivity contribution in [3.63, 3.8) is 0 Å². The molecule has 0 radical (unpaired) electrons. The molecule has 1 amide bonds. The number of benzene rings is 1. The quantitative estimate of drug-likeness (QED) is 0.842. The third-order valence-corrected chi connectivity index (χ3v) is 4.76. The highest BCUT2D eigenvalue weighted by molar-refractivity contribution is 6.33. The van der Waals surface area contributed by atoms with E-state index in [0.29, 0.717) is 41.6 Å². The monoisotopic (exact) mass is 365 g/mol. The molecule has 0 bridgehead atoms. The molecule has 1 aliphatic rings. The van der Waals surface area contributed by atoms with Crippen LogP contribution in [0.25, 0.3) is 11.4 Å². The first-order valence-electron chi connectivity index (χ1n) is 8.14. The second-order valence-corrected chi connectivity index (χ2v) is 6.47. The number of amides is 1. The minimum atomic E-state index is -0.511. The number of aliphatic hydroxyl groups excluding tert-OH is 1. The Labute approximate surface area is 150 Å². The number of hydrogen-bond acceptors (Lipinski definition) is 6. The van der Waals surface area contributed by atoms with Crippen LogP contribution in [0.15, 0.2) is 28.8 Å². The van der Waals surface area contributed by atoms with Crippen molar-refractivity contribution in [2.45, 2.75) is 38.0 Å². The summed E-state index contributed by atoms with van der Waals surface area (Å²) in [7, 11) is 1.54. The van der Waals surface area contributed by atoms with E-state index in [4.69, 9.17) is 20.9 Å². The van der Waals surface area contributed by atoms with Gasteiger partial charge in [-0.3, -0.25) is 4.79 Å². The molecule has 1 aromatic heterocycles. The highest BCUT2D eigenvalue weighted by atomic mass is 35.5. The average Bonchev–Trinajstić information content (AvgIpc) is 3.09. The summed E-state index contributed by atoms with van der Waals surface area (Å²) in [6.07, 6.45) is 0.857. The minimum Gasteiger partial charge on any atom is -0.390 e. The van der Waals surface area contributed by atoms with Gasteiger partial charge in [0.2, 0.25) is 17.6 Å². The molecule has 0 spiro atoms. The van der Waals surface area contributed by atoms with Crippen LogP contribution in [0.2, 0.25) is 5.02 Å². The maximum Gasteiger partial charge on any atom is 0.246 e. The predicted octanol–water partition coefficient (Wildman–Crippen LogP) is 2.18. The molecule has 134 valence electrons. The van der Waals surface area contributed by atoms with Gasteiger partial charge in [-0.1, -0.05) is 28.9 Å². The Morgan fingerprint density at radius 2 is 2.24 bits per heavy atom. The molecule has 2 aromatic rings. The zero-order valence-electron chi connectivity index (χ0n) is 13.8. The van der Waals surface area contributed by atoms with Gasteiger partial charge in [0.05, 0.1) is 23.8 Å². The topological polar surface area (TPSA) is 97.5 Å². The predicted molar refractivity (Wildman–Crippen MR) is 90.7 cm³/mol. The van der Waals surface area contributed by atoms with Gasteiger partial charge in [0, 0.05) is 18.6 Å². The molecule has 0 aliphatic heterocycles. The molecule has 25 heavy (non-hydrogen) atoms. The lowest BCUT2D eigenvalue weighted by Gasteiger charge is -2.31. The molecule has 1 aromatic carbocycles. The van der Waals surface area contributed by atoms with Crippen molar-refractivity contribution in [2.75, 3.05) is 7.11 Å².